The van der Waals surface area contributed by atoms with E-state index in [4.69, 9.17) is 23.0 Å². The molecular formula is C8H5BClFO. The van der Waals surface area contributed by atoms with E-state index in [1.807, 2.05) is 0 Å². The molecule has 0 heterocycles. The third-order valence-electron chi connectivity index (χ3n) is 1.36. The fraction of sp³-hybridized carbons (Fsp3) is 0. The number of rotatable bonds is 1. The van der Waals surface area contributed by atoms with Crippen molar-refractivity contribution in [3.63, 3.8) is 0 Å². The second-order valence-corrected chi connectivity index (χ2v) is 2.71. The lowest BCUT2D eigenvalue weighted by atomic mass is 9.63. The molecule has 1 aromatic rings. The second kappa shape index (κ2) is 3.62. The summed E-state index contributed by atoms with van der Waals surface area (Å²) in [6, 6.07) is 3.72. The van der Waals surface area contributed by atoms with Gasteiger partial charge in [0.15, 0.2) is 0 Å². The fourth-order valence-electron chi connectivity index (χ4n) is 0.829. The Morgan fingerprint density at radius 1 is 1.50 bits per heavy atom. The molecule has 0 aliphatic carbocycles. The topological polar surface area (TPSA) is 20.2 Å². The quantitative estimate of drug-likeness (QED) is 0.504. The monoisotopic (exact) mass is 182 g/mol. The number of halogens is 2. The van der Waals surface area contributed by atoms with E-state index in [2.05, 4.69) is 5.82 Å². The molecule has 0 aromatic heterocycles. The molecule has 60 valence electrons. The highest BCUT2D eigenvalue weighted by Gasteiger charge is 2.11. The fourth-order valence-corrected chi connectivity index (χ4v) is 1.06. The molecule has 0 bridgehead atoms. The maximum Gasteiger partial charge on any atom is 0.412 e. The van der Waals surface area contributed by atoms with Crippen LogP contribution in [0, 0.1) is 18.1 Å². The van der Waals surface area contributed by atoms with E-state index >= 15 is 0 Å². The number of hydrogen-bond acceptors (Lipinski definition) is 1. The molecule has 0 atom stereocenters. The molecule has 0 amide bonds. The van der Waals surface area contributed by atoms with E-state index < -0.39 is 12.7 Å². The summed E-state index contributed by atoms with van der Waals surface area (Å²) in [5.74, 6) is 1.56. The molecule has 0 aliphatic heterocycles. The van der Waals surface area contributed by atoms with Crippen molar-refractivity contribution >= 4 is 24.0 Å². The zero-order valence-electron chi connectivity index (χ0n) is 6.09. The van der Waals surface area contributed by atoms with Crippen LogP contribution in [-0.4, -0.2) is 11.9 Å². The van der Waals surface area contributed by atoms with Gasteiger partial charge in [-0.1, -0.05) is 11.6 Å². The Morgan fingerprint density at radius 3 is 2.67 bits per heavy atom. The number of hydrogen-bond donors (Lipinski definition) is 1. The van der Waals surface area contributed by atoms with Crippen molar-refractivity contribution in [3.8, 4) is 12.2 Å². The molecule has 0 fully saturated rings. The standard InChI is InChI=1S/C8H5BClFO/c1-2-9(12)6-3-7(10)5-8(11)4-6/h1,3-5,12H. The lowest BCUT2D eigenvalue weighted by Gasteiger charge is -2.00. The third-order valence-corrected chi connectivity index (χ3v) is 1.58. The smallest absolute Gasteiger partial charge is 0.412 e. The largest absolute Gasteiger partial charge is 0.436 e. The summed E-state index contributed by atoms with van der Waals surface area (Å²) >= 11 is 5.53. The minimum Gasteiger partial charge on any atom is -0.436 e. The van der Waals surface area contributed by atoms with Crippen molar-refractivity contribution in [1.82, 2.24) is 0 Å². The Bertz CT molecular complexity index is 314. The van der Waals surface area contributed by atoms with Crippen LogP contribution in [0.4, 0.5) is 4.39 Å². The van der Waals surface area contributed by atoms with Gasteiger partial charge in [0.25, 0.3) is 0 Å². The van der Waals surface area contributed by atoms with E-state index in [-0.39, 0.29) is 5.02 Å². The molecule has 4 heteroatoms. The Morgan fingerprint density at radius 2 is 2.17 bits per heavy atom. The molecule has 1 N–H and O–H groups in total. The van der Waals surface area contributed by atoms with Gasteiger partial charge in [-0.25, -0.2) is 4.39 Å². The average Bonchev–Trinajstić information content (AvgIpc) is 2.01. The van der Waals surface area contributed by atoms with Crippen LogP contribution in [0.5, 0.6) is 0 Å². The first-order valence-corrected chi connectivity index (χ1v) is 3.61. The maximum absolute atomic E-state index is 12.7. The van der Waals surface area contributed by atoms with Crippen molar-refractivity contribution in [2.24, 2.45) is 0 Å². The molecule has 0 unspecified atom stereocenters. The molecule has 1 rings (SSSR count). The van der Waals surface area contributed by atoms with Crippen molar-refractivity contribution in [1.29, 1.82) is 0 Å². The van der Waals surface area contributed by atoms with Gasteiger partial charge >= 0.3 is 6.92 Å². The molecule has 0 aliphatic rings. The predicted octanol–water partition coefficient (Wildman–Crippen LogP) is 0.842. The van der Waals surface area contributed by atoms with Gasteiger partial charge in [0, 0.05) is 5.02 Å². The normalized spacial score (nSPS) is 9.17. The van der Waals surface area contributed by atoms with E-state index in [9.17, 15) is 4.39 Å². The van der Waals surface area contributed by atoms with Crippen LogP contribution in [-0.2, 0) is 0 Å². The molecule has 0 saturated heterocycles. The lowest BCUT2D eigenvalue weighted by Crippen LogP contribution is -2.28. The van der Waals surface area contributed by atoms with Gasteiger partial charge in [0.1, 0.15) is 5.82 Å². The highest BCUT2D eigenvalue weighted by molar-refractivity contribution is 6.73. The Labute approximate surface area is 75.3 Å². The molecule has 0 spiro atoms. The molecule has 1 nitrogen and oxygen atoms in total. The summed E-state index contributed by atoms with van der Waals surface area (Å²) in [5.41, 5.74) is 0.294. The summed E-state index contributed by atoms with van der Waals surface area (Å²) in [5, 5.41) is 9.34. The highest BCUT2D eigenvalue weighted by Crippen LogP contribution is 2.07. The van der Waals surface area contributed by atoms with Gasteiger partial charge in [-0.05, 0) is 23.7 Å². The van der Waals surface area contributed by atoms with Crippen molar-refractivity contribution in [3.05, 3.63) is 29.0 Å². The van der Waals surface area contributed by atoms with Crippen molar-refractivity contribution in [2.75, 3.05) is 0 Å². The minimum absolute atomic E-state index is 0.222. The van der Waals surface area contributed by atoms with Crippen molar-refractivity contribution in [2.45, 2.75) is 0 Å². The highest BCUT2D eigenvalue weighted by atomic mass is 35.5. The molecular weight excluding hydrogens is 177 g/mol. The maximum atomic E-state index is 12.7. The van der Waals surface area contributed by atoms with Crippen LogP contribution >= 0.6 is 11.6 Å². The van der Waals surface area contributed by atoms with Crippen LogP contribution in [0.3, 0.4) is 0 Å². The van der Waals surface area contributed by atoms with E-state index in [0.717, 1.165) is 12.1 Å². The first kappa shape index (κ1) is 9.12. The van der Waals surface area contributed by atoms with Gasteiger partial charge < -0.3 is 5.02 Å². The predicted molar refractivity (Wildman–Crippen MR) is 47.8 cm³/mol. The van der Waals surface area contributed by atoms with Crippen LogP contribution in [0.25, 0.3) is 0 Å². The van der Waals surface area contributed by atoms with Crippen LogP contribution in [0.2, 0.25) is 5.02 Å². The Kier molecular flexibility index (Phi) is 2.75. The van der Waals surface area contributed by atoms with Gasteiger partial charge in [0.2, 0.25) is 0 Å². The summed E-state index contributed by atoms with van der Waals surface area (Å²) in [7, 11) is 0. The number of benzene rings is 1. The summed E-state index contributed by atoms with van der Waals surface area (Å²) in [4.78, 5) is 0. The molecule has 12 heavy (non-hydrogen) atoms. The summed E-state index contributed by atoms with van der Waals surface area (Å²) in [6.07, 6.45) is 4.94. The van der Waals surface area contributed by atoms with Gasteiger partial charge in [-0.3, -0.25) is 0 Å². The zero-order chi connectivity index (χ0) is 9.14. The Hall–Kier alpha value is -0.975. The van der Waals surface area contributed by atoms with E-state index in [0.29, 0.717) is 5.46 Å². The molecule has 0 saturated carbocycles. The average molecular weight is 182 g/mol. The first-order chi connectivity index (χ1) is 5.63. The van der Waals surface area contributed by atoms with Crippen LogP contribution in [0.1, 0.15) is 0 Å². The minimum atomic E-state index is -1.10. The van der Waals surface area contributed by atoms with Crippen LogP contribution < -0.4 is 5.46 Å². The van der Waals surface area contributed by atoms with Gasteiger partial charge in [0.05, 0.1) is 0 Å². The van der Waals surface area contributed by atoms with Gasteiger partial charge in [-0.2, -0.15) is 0 Å². The van der Waals surface area contributed by atoms with Crippen LogP contribution in [0.15, 0.2) is 18.2 Å². The lowest BCUT2D eigenvalue weighted by molar-refractivity contribution is 0.599. The number of terminal acetylenes is 1. The van der Waals surface area contributed by atoms with Gasteiger partial charge in [-0.15, -0.1) is 12.2 Å². The SMILES string of the molecule is C#CB(O)c1cc(F)cc(Cl)c1. The first-order valence-electron chi connectivity index (χ1n) is 3.23. The zero-order valence-corrected chi connectivity index (χ0v) is 6.85. The van der Waals surface area contributed by atoms with E-state index in [1.165, 1.54) is 6.07 Å². The summed E-state index contributed by atoms with van der Waals surface area (Å²) < 4.78 is 12.7. The van der Waals surface area contributed by atoms with Crippen molar-refractivity contribution < 1.29 is 9.41 Å². The molecule has 0 radical (unpaired) electrons. The Balaban J connectivity index is 3.10. The summed E-state index contributed by atoms with van der Waals surface area (Å²) in [6.45, 7) is -1.10. The third kappa shape index (κ3) is 2.01. The second-order valence-electron chi connectivity index (χ2n) is 2.27. The van der Waals surface area contributed by atoms with E-state index in [1.54, 1.807) is 0 Å². The molecule has 1 aromatic carbocycles.